The molecule has 1 unspecified atom stereocenters. The maximum absolute atomic E-state index is 9.77. The zero-order chi connectivity index (χ0) is 9.42. The van der Waals surface area contributed by atoms with Crippen molar-refractivity contribution in [2.24, 2.45) is 5.92 Å². The summed E-state index contributed by atoms with van der Waals surface area (Å²) in [5.74, 6) is 0.427. The molecule has 1 saturated carbocycles. The summed E-state index contributed by atoms with van der Waals surface area (Å²) < 4.78 is 0. The Morgan fingerprint density at radius 2 is 2.08 bits per heavy atom. The number of rotatable bonds is 2. The van der Waals surface area contributed by atoms with Crippen molar-refractivity contribution >= 4 is 0 Å². The van der Waals surface area contributed by atoms with Crippen LogP contribution in [-0.4, -0.2) is 15.3 Å². The molecule has 1 N–H and O–H groups in total. The first-order valence-electron chi connectivity index (χ1n) is 4.67. The van der Waals surface area contributed by atoms with E-state index >= 15 is 0 Å². The van der Waals surface area contributed by atoms with Gasteiger partial charge in [0.2, 0.25) is 0 Å². The first-order chi connectivity index (χ1) is 6.18. The van der Waals surface area contributed by atoms with E-state index < -0.39 is 6.10 Å². The molecule has 1 aromatic heterocycles. The molecule has 0 spiro atoms. The fourth-order valence-electron chi connectivity index (χ4n) is 1.36. The van der Waals surface area contributed by atoms with Crippen LogP contribution >= 0.6 is 0 Å². The number of aliphatic hydroxyl groups excluding tert-OH is 1. The molecule has 0 amide bonds. The molecule has 70 valence electrons. The van der Waals surface area contributed by atoms with Crippen LogP contribution in [0.25, 0.3) is 0 Å². The van der Waals surface area contributed by atoms with Crippen LogP contribution in [0.5, 0.6) is 0 Å². The molecule has 2 rings (SSSR count). The molecular weight excluding hydrogens is 164 g/mol. The Bertz CT molecular complexity index is 321. The number of nitrogens with zero attached hydrogens (tertiary/aromatic N) is 2. The predicted octanol–water partition coefficient (Wildman–Crippen LogP) is 1.54. The van der Waals surface area contributed by atoms with E-state index in [1.807, 2.05) is 19.9 Å². The third-order valence-electron chi connectivity index (χ3n) is 2.62. The molecule has 0 radical (unpaired) electrons. The highest BCUT2D eigenvalue weighted by atomic mass is 16.3. The predicted molar refractivity (Wildman–Crippen MR) is 49.2 cm³/mol. The minimum atomic E-state index is -0.396. The third kappa shape index (κ3) is 1.70. The number of aliphatic hydroxyl groups is 1. The van der Waals surface area contributed by atoms with Crippen LogP contribution in [0.2, 0.25) is 0 Å². The molecule has 1 aliphatic carbocycles. The lowest BCUT2D eigenvalue weighted by molar-refractivity contribution is 0.148. The first-order valence-corrected chi connectivity index (χ1v) is 4.67. The second-order valence-electron chi connectivity index (χ2n) is 3.82. The lowest BCUT2D eigenvalue weighted by Gasteiger charge is -2.08. The van der Waals surface area contributed by atoms with Crippen LogP contribution < -0.4 is 0 Å². The smallest absolute Gasteiger partial charge is 0.101 e. The molecule has 0 saturated heterocycles. The van der Waals surface area contributed by atoms with E-state index in [9.17, 15) is 5.11 Å². The third-order valence-corrected chi connectivity index (χ3v) is 2.62. The van der Waals surface area contributed by atoms with Crippen molar-refractivity contribution in [1.29, 1.82) is 0 Å². The first kappa shape index (κ1) is 8.63. The number of aryl methyl sites for hydroxylation is 2. The van der Waals surface area contributed by atoms with Crippen molar-refractivity contribution in [3.63, 3.8) is 0 Å². The van der Waals surface area contributed by atoms with Gasteiger partial charge in [0, 0.05) is 0 Å². The van der Waals surface area contributed by atoms with E-state index in [0.717, 1.165) is 29.8 Å². The van der Waals surface area contributed by atoms with E-state index in [1.54, 1.807) is 0 Å². The Balaban J connectivity index is 2.24. The molecular formula is C10H14N2O. The fourth-order valence-corrected chi connectivity index (χ4v) is 1.36. The number of hydrogen-bond donors (Lipinski definition) is 1. The molecule has 1 aliphatic rings. The maximum Gasteiger partial charge on any atom is 0.101 e. The summed E-state index contributed by atoms with van der Waals surface area (Å²) in [6, 6.07) is 1.94. The average molecular weight is 178 g/mol. The van der Waals surface area contributed by atoms with Gasteiger partial charge in [0.15, 0.2) is 0 Å². The quantitative estimate of drug-likeness (QED) is 0.747. The van der Waals surface area contributed by atoms with Crippen molar-refractivity contribution in [2.75, 3.05) is 0 Å². The monoisotopic (exact) mass is 178 g/mol. The second-order valence-corrected chi connectivity index (χ2v) is 3.82. The Morgan fingerprint density at radius 1 is 1.38 bits per heavy atom. The Kier molecular flexibility index (Phi) is 2.04. The minimum absolute atomic E-state index is 0.396. The largest absolute Gasteiger partial charge is 0.386 e. The van der Waals surface area contributed by atoms with Gasteiger partial charge in [0.1, 0.15) is 6.10 Å². The number of hydrogen-bond acceptors (Lipinski definition) is 3. The molecule has 13 heavy (non-hydrogen) atoms. The van der Waals surface area contributed by atoms with Crippen LogP contribution in [0.1, 0.15) is 35.9 Å². The molecule has 3 heteroatoms. The Hall–Kier alpha value is -0.960. The SMILES string of the molecule is Cc1cc(C(O)C2CC2)nnc1C. The summed E-state index contributed by atoms with van der Waals surface area (Å²) in [7, 11) is 0. The van der Waals surface area contributed by atoms with Gasteiger partial charge in [-0.3, -0.25) is 0 Å². The summed E-state index contributed by atoms with van der Waals surface area (Å²) in [4.78, 5) is 0. The van der Waals surface area contributed by atoms with E-state index in [-0.39, 0.29) is 0 Å². The van der Waals surface area contributed by atoms with Crippen LogP contribution in [0.15, 0.2) is 6.07 Å². The summed E-state index contributed by atoms with van der Waals surface area (Å²) in [6.45, 7) is 3.92. The standard InChI is InChI=1S/C10H14N2O/c1-6-5-9(12-11-7(6)2)10(13)8-3-4-8/h5,8,10,13H,3-4H2,1-2H3. The van der Waals surface area contributed by atoms with Crippen LogP contribution in [0.3, 0.4) is 0 Å². The highest BCUT2D eigenvalue weighted by Crippen LogP contribution is 2.40. The van der Waals surface area contributed by atoms with Crippen LogP contribution in [0, 0.1) is 19.8 Å². The van der Waals surface area contributed by atoms with Gasteiger partial charge in [0.25, 0.3) is 0 Å². The summed E-state index contributed by atoms with van der Waals surface area (Å²) >= 11 is 0. The van der Waals surface area contributed by atoms with Crippen molar-refractivity contribution in [1.82, 2.24) is 10.2 Å². The van der Waals surface area contributed by atoms with Crippen molar-refractivity contribution < 1.29 is 5.11 Å². The van der Waals surface area contributed by atoms with Gasteiger partial charge in [0.05, 0.1) is 11.4 Å². The summed E-state index contributed by atoms with van der Waals surface area (Å²) in [5, 5.41) is 17.8. The Labute approximate surface area is 77.8 Å². The minimum Gasteiger partial charge on any atom is -0.386 e. The van der Waals surface area contributed by atoms with E-state index in [4.69, 9.17) is 0 Å². The van der Waals surface area contributed by atoms with Gasteiger partial charge in [-0.15, -0.1) is 0 Å². The van der Waals surface area contributed by atoms with Crippen molar-refractivity contribution in [2.45, 2.75) is 32.8 Å². The highest BCUT2D eigenvalue weighted by Gasteiger charge is 2.31. The lowest BCUT2D eigenvalue weighted by Crippen LogP contribution is -2.05. The zero-order valence-corrected chi connectivity index (χ0v) is 7.99. The normalized spacial score (nSPS) is 18.7. The molecule has 1 heterocycles. The van der Waals surface area contributed by atoms with Crippen LogP contribution in [-0.2, 0) is 0 Å². The van der Waals surface area contributed by atoms with Gasteiger partial charge in [-0.05, 0) is 44.2 Å². The van der Waals surface area contributed by atoms with Crippen LogP contribution in [0.4, 0.5) is 0 Å². The van der Waals surface area contributed by atoms with Gasteiger partial charge < -0.3 is 5.11 Å². The lowest BCUT2D eigenvalue weighted by atomic mass is 10.1. The highest BCUT2D eigenvalue weighted by molar-refractivity contribution is 5.20. The van der Waals surface area contributed by atoms with Gasteiger partial charge in [-0.25, -0.2) is 0 Å². The topological polar surface area (TPSA) is 46.0 Å². The molecule has 1 atom stereocenters. The zero-order valence-electron chi connectivity index (χ0n) is 7.99. The van der Waals surface area contributed by atoms with Crippen molar-refractivity contribution in [3.05, 3.63) is 23.0 Å². The van der Waals surface area contributed by atoms with E-state index in [2.05, 4.69) is 10.2 Å². The second kappa shape index (κ2) is 3.07. The molecule has 0 aromatic carbocycles. The average Bonchev–Trinajstić information content (AvgIpc) is 2.91. The van der Waals surface area contributed by atoms with Gasteiger partial charge in [-0.2, -0.15) is 10.2 Å². The Morgan fingerprint density at radius 3 is 2.62 bits per heavy atom. The molecule has 1 fully saturated rings. The fraction of sp³-hybridized carbons (Fsp3) is 0.600. The van der Waals surface area contributed by atoms with Gasteiger partial charge in [-0.1, -0.05) is 0 Å². The van der Waals surface area contributed by atoms with E-state index in [1.165, 1.54) is 0 Å². The van der Waals surface area contributed by atoms with E-state index in [0.29, 0.717) is 5.92 Å². The molecule has 0 bridgehead atoms. The molecule has 3 nitrogen and oxygen atoms in total. The van der Waals surface area contributed by atoms with Crippen molar-refractivity contribution in [3.8, 4) is 0 Å². The maximum atomic E-state index is 9.77. The number of aromatic nitrogens is 2. The summed E-state index contributed by atoms with van der Waals surface area (Å²) in [6.07, 6.45) is 1.85. The molecule has 0 aliphatic heterocycles. The summed E-state index contributed by atoms with van der Waals surface area (Å²) in [5.41, 5.74) is 2.77. The molecule has 1 aromatic rings. The van der Waals surface area contributed by atoms with Gasteiger partial charge >= 0.3 is 0 Å².